The highest BCUT2D eigenvalue weighted by molar-refractivity contribution is 6.30. The van der Waals surface area contributed by atoms with E-state index >= 15 is 0 Å². The molecule has 0 N–H and O–H groups in total. The number of halogens is 1. The molecule has 0 aliphatic carbocycles. The third kappa shape index (κ3) is 2.99. The molecule has 4 aromatic rings. The lowest BCUT2D eigenvalue weighted by molar-refractivity contribution is 0.560. The van der Waals surface area contributed by atoms with Crippen molar-refractivity contribution < 1.29 is 0 Å². The largest absolute Gasteiger partial charge is 0.254 e. The van der Waals surface area contributed by atoms with Crippen LogP contribution in [0.15, 0.2) is 66.9 Å². The van der Waals surface area contributed by atoms with Gasteiger partial charge in [0.2, 0.25) is 0 Å². The predicted octanol–water partition coefficient (Wildman–Crippen LogP) is 6.04. The molecule has 26 heavy (non-hydrogen) atoms. The van der Waals surface area contributed by atoms with Gasteiger partial charge in [0.05, 0.1) is 22.6 Å². The number of fused-ring (bicyclic) bond motifs is 1. The van der Waals surface area contributed by atoms with Gasteiger partial charge in [0.25, 0.3) is 0 Å². The van der Waals surface area contributed by atoms with E-state index in [4.69, 9.17) is 16.7 Å². The standard InChI is InChI=1S/C22H20ClN3/c1-22(2,3)20-14-19(15-9-11-17(23)12-10-15)26(25-20)18-8-4-6-16-7-5-13-24-21(16)18/h4-14H,1-3H3. The molecular formula is C22H20ClN3. The Hall–Kier alpha value is -2.65. The van der Waals surface area contributed by atoms with Gasteiger partial charge in [-0.05, 0) is 30.3 Å². The molecule has 4 rings (SSSR count). The van der Waals surface area contributed by atoms with Gasteiger partial charge in [0.1, 0.15) is 0 Å². The van der Waals surface area contributed by atoms with Crippen LogP contribution in [-0.4, -0.2) is 14.8 Å². The van der Waals surface area contributed by atoms with Gasteiger partial charge < -0.3 is 0 Å². The second-order valence-electron chi connectivity index (χ2n) is 7.44. The number of pyridine rings is 1. The molecule has 0 aliphatic heterocycles. The number of rotatable bonds is 2. The van der Waals surface area contributed by atoms with Crippen LogP contribution in [0, 0.1) is 0 Å². The number of para-hydroxylation sites is 1. The molecule has 0 fully saturated rings. The molecule has 0 amide bonds. The molecule has 2 aromatic heterocycles. The summed E-state index contributed by atoms with van der Waals surface area (Å²) < 4.78 is 2.00. The fourth-order valence-electron chi connectivity index (χ4n) is 3.02. The van der Waals surface area contributed by atoms with Gasteiger partial charge in [0.15, 0.2) is 0 Å². The highest BCUT2D eigenvalue weighted by Crippen LogP contribution is 2.32. The maximum atomic E-state index is 6.08. The summed E-state index contributed by atoms with van der Waals surface area (Å²) >= 11 is 6.08. The Morgan fingerprint density at radius 3 is 2.38 bits per heavy atom. The summed E-state index contributed by atoms with van der Waals surface area (Å²) in [4.78, 5) is 4.60. The number of benzene rings is 2. The van der Waals surface area contributed by atoms with Crippen molar-refractivity contribution in [3.05, 3.63) is 77.6 Å². The molecule has 2 aromatic carbocycles. The minimum Gasteiger partial charge on any atom is -0.254 e. The molecule has 0 spiro atoms. The van der Waals surface area contributed by atoms with E-state index in [1.54, 1.807) is 0 Å². The van der Waals surface area contributed by atoms with Crippen molar-refractivity contribution in [3.63, 3.8) is 0 Å². The van der Waals surface area contributed by atoms with Crippen LogP contribution in [0.3, 0.4) is 0 Å². The van der Waals surface area contributed by atoms with E-state index in [0.717, 1.165) is 38.6 Å². The Balaban J connectivity index is 2.00. The summed E-state index contributed by atoms with van der Waals surface area (Å²) in [5, 5.41) is 6.77. The molecule has 0 atom stereocenters. The topological polar surface area (TPSA) is 30.7 Å². The van der Waals surface area contributed by atoms with Crippen molar-refractivity contribution in [2.75, 3.05) is 0 Å². The van der Waals surface area contributed by atoms with E-state index in [2.05, 4.69) is 50.0 Å². The SMILES string of the molecule is CC(C)(C)c1cc(-c2ccc(Cl)cc2)n(-c2cccc3cccnc23)n1. The molecular weight excluding hydrogens is 342 g/mol. The molecule has 0 bridgehead atoms. The quantitative estimate of drug-likeness (QED) is 0.436. The van der Waals surface area contributed by atoms with E-state index in [9.17, 15) is 0 Å². The Bertz CT molecular complexity index is 1070. The van der Waals surface area contributed by atoms with E-state index < -0.39 is 0 Å². The summed E-state index contributed by atoms with van der Waals surface area (Å²) in [5.74, 6) is 0. The number of nitrogens with zero attached hydrogens (tertiary/aromatic N) is 3. The van der Waals surface area contributed by atoms with Gasteiger partial charge in [-0.15, -0.1) is 0 Å². The average Bonchev–Trinajstić information content (AvgIpc) is 3.07. The first kappa shape index (κ1) is 16.8. The van der Waals surface area contributed by atoms with E-state index in [1.165, 1.54) is 0 Å². The summed E-state index contributed by atoms with van der Waals surface area (Å²) in [6.45, 7) is 6.52. The van der Waals surface area contributed by atoms with Crippen molar-refractivity contribution in [3.8, 4) is 16.9 Å². The van der Waals surface area contributed by atoms with Crippen LogP contribution in [0.1, 0.15) is 26.5 Å². The smallest absolute Gasteiger partial charge is 0.0959 e. The predicted molar refractivity (Wildman–Crippen MR) is 108 cm³/mol. The zero-order valence-electron chi connectivity index (χ0n) is 15.1. The maximum absolute atomic E-state index is 6.08. The van der Waals surface area contributed by atoms with Crippen LogP contribution in [0.5, 0.6) is 0 Å². The molecule has 130 valence electrons. The van der Waals surface area contributed by atoms with Crippen LogP contribution in [0.4, 0.5) is 0 Å². The third-order valence-corrected chi connectivity index (χ3v) is 4.71. The molecule has 4 heteroatoms. The van der Waals surface area contributed by atoms with Gasteiger partial charge in [-0.1, -0.05) is 62.7 Å². The second kappa shape index (κ2) is 6.26. The minimum atomic E-state index is -0.0512. The zero-order valence-corrected chi connectivity index (χ0v) is 15.8. The van der Waals surface area contributed by atoms with E-state index in [1.807, 2.05) is 47.3 Å². The van der Waals surface area contributed by atoms with E-state index in [-0.39, 0.29) is 5.41 Å². The first-order chi connectivity index (χ1) is 12.4. The normalized spacial score (nSPS) is 11.8. The Morgan fingerprint density at radius 2 is 1.65 bits per heavy atom. The lowest BCUT2D eigenvalue weighted by Crippen LogP contribution is -2.12. The maximum Gasteiger partial charge on any atom is 0.0959 e. The number of hydrogen-bond donors (Lipinski definition) is 0. The molecule has 0 unspecified atom stereocenters. The van der Waals surface area contributed by atoms with Gasteiger partial charge in [-0.2, -0.15) is 5.10 Å². The van der Waals surface area contributed by atoms with Crippen LogP contribution >= 0.6 is 11.6 Å². The highest BCUT2D eigenvalue weighted by atomic mass is 35.5. The summed E-state index contributed by atoms with van der Waals surface area (Å²) in [6.07, 6.45) is 1.82. The van der Waals surface area contributed by atoms with Crippen molar-refractivity contribution in [1.29, 1.82) is 0 Å². The van der Waals surface area contributed by atoms with Gasteiger partial charge in [0, 0.05) is 27.6 Å². The van der Waals surface area contributed by atoms with Crippen LogP contribution in [0.2, 0.25) is 5.02 Å². The highest BCUT2D eigenvalue weighted by Gasteiger charge is 2.22. The van der Waals surface area contributed by atoms with Crippen molar-refractivity contribution in [1.82, 2.24) is 14.8 Å². The van der Waals surface area contributed by atoms with Crippen LogP contribution in [-0.2, 0) is 5.41 Å². The lowest BCUT2D eigenvalue weighted by atomic mass is 9.92. The average molecular weight is 362 g/mol. The van der Waals surface area contributed by atoms with Crippen molar-refractivity contribution >= 4 is 22.5 Å². The molecule has 0 saturated heterocycles. The van der Waals surface area contributed by atoms with E-state index in [0.29, 0.717) is 0 Å². The number of aromatic nitrogens is 3. The van der Waals surface area contributed by atoms with Gasteiger partial charge in [-0.3, -0.25) is 4.98 Å². The fraction of sp³-hybridized carbons (Fsp3) is 0.182. The van der Waals surface area contributed by atoms with Gasteiger partial charge in [-0.25, -0.2) is 4.68 Å². The Labute approximate surface area is 158 Å². The Morgan fingerprint density at radius 1 is 0.923 bits per heavy atom. The summed E-state index contributed by atoms with van der Waals surface area (Å²) in [5.41, 5.74) is 5.01. The monoisotopic (exact) mass is 361 g/mol. The van der Waals surface area contributed by atoms with Crippen molar-refractivity contribution in [2.24, 2.45) is 0 Å². The van der Waals surface area contributed by atoms with Gasteiger partial charge >= 0.3 is 0 Å². The fourth-order valence-corrected chi connectivity index (χ4v) is 3.14. The third-order valence-electron chi connectivity index (χ3n) is 4.46. The molecule has 0 radical (unpaired) electrons. The Kier molecular flexibility index (Phi) is 4.04. The minimum absolute atomic E-state index is 0.0512. The summed E-state index contributed by atoms with van der Waals surface area (Å²) in [7, 11) is 0. The number of hydrogen-bond acceptors (Lipinski definition) is 2. The van der Waals surface area contributed by atoms with Crippen molar-refractivity contribution in [2.45, 2.75) is 26.2 Å². The molecule has 0 saturated carbocycles. The summed E-state index contributed by atoms with van der Waals surface area (Å²) in [6, 6.07) is 20.2. The van der Waals surface area contributed by atoms with Crippen LogP contribution < -0.4 is 0 Å². The van der Waals surface area contributed by atoms with Crippen LogP contribution in [0.25, 0.3) is 27.8 Å². The molecule has 3 nitrogen and oxygen atoms in total. The zero-order chi connectivity index (χ0) is 18.3. The molecule has 2 heterocycles. The first-order valence-corrected chi connectivity index (χ1v) is 9.02. The first-order valence-electron chi connectivity index (χ1n) is 8.64. The molecule has 0 aliphatic rings. The second-order valence-corrected chi connectivity index (χ2v) is 7.87. The lowest BCUT2D eigenvalue weighted by Gasteiger charge is -2.14.